The first kappa shape index (κ1) is 16.9. The van der Waals surface area contributed by atoms with E-state index in [1.165, 1.54) is 0 Å². The Hall–Kier alpha value is -1.95. The first-order chi connectivity index (χ1) is 11.8. The van der Waals surface area contributed by atoms with Crippen molar-refractivity contribution in [3.63, 3.8) is 0 Å². The third kappa shape index (κ3) is 4.32. The average molecular weight is 360 g/mol. The molecule has 2 heterocycles. The maximum Gasteiger partial charge on any atom is 0.254 e. The molecule has 0 fully saturated rings. The van der Waals surface area contributed by atoms with Gasteiger partial charge in [-0.05, 0) is 61.0 Å². The van der Waals surface area contributed by atoms with E-state index in [1.807, 2.05) is 47.9 Å². The van der Waals surface area contributed by atoms with Crippen molar-refractivity contribution in [2.45, 2.75) is 19.3 Å². The van der Waals surface area contributed by atoms with Crippen LogP contribution in [0.1, 0.15) is 30.7 Å². The number of benzene rings is 1. The number of unbranched alkanes of at least 4 members (excludes halogenated alkanes) is 1. The van der Waals surface area contributed by atoms with E-state index in [0.29, 0.717) is 23.3 Å². The molecule has 0 aliphatic carbocycles. The minimum Gasteiger partial charge on any atom is -0.334 e. The van der Waals surface area contributed by atoms with E-state index in [2.05, 4.69) is 10.1 Å². The highest BCUT2D eigenvalue weighted by Crippen LogP contribution is 2.27. The minimum atomic E-state index is 0.551. The Labute approximate surface area is 150 Å². The Morgan fingerprint density at radius 3 is 2.92 bits per heavy atom. The highest BCUT2D eigenvalue weighted by atomic mass is 35.5. The van der Waals surface area contributed by atoms with E-state index in [-0.39, 0.29) is 0 Å². The lowest BCUT2D eigenvalue weighted by molar-refractivity contribution is 0.407. The van der Waals surface area contributed by atoms with E-state index in [0.717, 1.165) is 35.3 Å². The summed E-state index contributed by atoms with van der Waals surface area (Å²) >= 11 is 7.67. The number of aromatic nitrogens is 2. The van der Waals surface area contributed by atoms with Crippen molar-refractivity contribution >= 4 is 34.6 Å². The molecule has 0 saturated carbocycles. The van der Waals surface area contributed by atoms with Crippen LogP contribution in [-0.4, -0.2) is 16.7 Å². The molecule has 0 bridgehead atoms. The van der Waals surface area contributed by atoms with Crippen molar-refractivity contribution in [2.75, 3.05) is 6.54 Å². The number of nitrogens with zero attached hydrogens (tertiary/aromatic N) is 2. The van der Waals surface area contributed by atoms with Crippen LogP contribution in [0, 0.1) is 0 Å². The van der Waals surface area contributed by atoms with Gasteiger partial charge in [-0.25, -0.2) is 0 Å². The predicted octanol–water partition coefficient (Wildman–Crippen LogP) is 5.12. The molecule has 0 saturated heterocycles. The molecule has 0 aliphatic heterocycles. The standard InChI is InChI=1S/C18H18ClN3OS/c19-15-7-3-5-13(12-15)11-14(6-1-2-9-20)18-21-17(22-23-18)16-8-4-10-24-16/h3-5,7-8,10-12H,1-2,6,9,20H2/b14-11+. The van der Waals surface area contributed by atoms with Gasteiger partial charge in [-0.15, -0.1) is 11.3 Å². The summed E-state index contributed by atoms with van der Waals surface area (Å²) < 4.78 is 5.50. The van der Waals surface area contributed by atoms with Crippen molar-refractivity contribution in [3.8, 4) is 10.7 Å². The molecule has 0 spiro atoms. The van der Waals surface area contributed by atoms with Gasteiger partial charge >= 0.3 is 0 Å². The Morgan fingerprint density at radius 1 is 1.25 bits per heavy atom. The molecule has 0 aliphatic rings. The maximum absolute atomic E-state index is 6.08. The van der Waals surface area contributed by atoms with Gasteiger partial charge in [0, 0.05) is 10.6 Å². The van der Waals surface area contributed by atoms with Crippen LogP contribution in [-0.2, 0) is 0 Å². The second-order valence-corrected chi connectivity index (χ2v) is 6.75. The molecule has 3 aromatic rings. The molecule has 1 aromatic carbocycles. The van der Waals surface area contributed by atoms with Gasteiger partial charge in [-0.2, -0.15) is 4.98 Å². The van der Waals surface area contributed by atoms with Gasteiger partial charge in [0.05, 0.1) is 4.88 Å². The van der Waals surface area contributed by atoms with Crippen LogP contribution < -0.4 is 5.73 Å². The SMILES string of the molecule is NCCCC/C(=C\c1cccc(Cl)c1)c1nc(-c2cccs2)no1. The molecule has 0 atom stereocenters. The molecule has 4 nitrogen and oxygen atoms in total. The molecule has 124 valence electrons. The topological polar surface area (TPSA) is 64.9 Å². The lowest BCUT2D eigenvalue weighted by Crippen LogP contribution is -1.98. The molecule has 0 amide bonds. The van der Waals surface area contributed by atoms with Gasteiger partial charge in [-0.1, -0.05) is 35.0 Å². The van der Waals surface area contributed by atoms with Crippen LogP contribution in [0.3, 0.4) is 0 Å². The van der Waals surface area contributed by atoms with Gasteiger partial charge in [0.15, 0.2) is 0 Å². The summed E-state index contributed by atoms with van der Waals surface area (Å²) in [6, 6.07) is 11.7. The largest absolute Gasteiger partial charge is 0.334 e. The van der Waals surface area contributed by atoms with Crippen LogP contribution in [0.2, 0.25) is 5.02 Å². The van der Waals surface area contributed by atoms with Crippen LogP contribution in [0.4, 0.5) is 0 Å². The molecule has 0 radical (unpaired) electrons. The summed E-state index contributed by atoms with van der Waals surface area (Å²) in [6.07, 6.45) is 4.81. The summed E-state index contributed by atoms with van der Waals surface area (Å²) in [5.74, 6) is 1.17. The zero-order valence-corrected chi connectivity index (χ0v) is 14.7. The van der Waals surface area contributed by atoms with E-state index < -0.39 is 0 Å². The van der Waals surface area contributed by atoms with Crippen molar-refractivity contribution in [1.82, 2.24) is 10.1 Å². The number of halogens is 1. The molecule has 2 aromatic heterocycles. The van der Waals surface area contributed by atoms with E-state index in [4.69, 9.17) is 21.9 Å². The van der Waals surface area contributed by atoms with Gasteiger partial charge in [-0.3, -0.25) is 0 Å². The fourth-order valence-electron chi connectivity index (χ4n) is 2.36. The average Bonchev–Trinajstić information content (AvgIpc) is 3.25. The van der Waals surface area contributed by atoms with Gasteiger partial charge in [0.2, 0.25) is 5.82 Å². The molecular formula is C18H18ClN3OS. The van der Waals surface area contributed by atoms with Crippen molar-refractivity contribution in [2.24, 2.45) is 5.73 Å². The van der Waals surface area contributed by atoms with Crippen molar-refractivity contribution < 1.29 is 4.52 Å². The van der Waals surface area contributed by atoms with Crippen LogP contribution in [0.25, 0.3) is 22.4 Å². The lowest BCUT2D eigenvalue weighted by atomic mass is 10.0. The Morgan fingerprint density at radius 2 is 2.17 bits per heavy atom. The molecule has 3 rings (SSSR count). The fraction of sp³-hybridized carbons (Fsp3) is 0.222. The van der Waals surface area contributed by atoms with Gasteiger partial charge in [0.25, 0.3) is 5.89 Å². The highest BCUT2D eigenvalue weighted by molar-refractivity contribution is 7.13. The normalized spacial score (nSPS) is 11.8. The summed E-state index contributed by atoms with van der Waals surface area (Å²) in [7, 11) is 0. The number of nitrogens with two attached hydrogens (primary N) is 1. The van der Waals surface area contributed by atoms with E-state index in [9.17, 15) is 0 Å². The summed E-state index contributed by atoms with van der Waals surface area (Å²) in [4.78, 5) is 5.55. The number of allylic oxidation sites excluding steroid dienone is 1. The molecular weight excluding hydrogens is 342 g/mol. The van der Waals surface area contributed by atoms with E-state index >= 15 is 0 Å². The molecule has 6 heteroatoms. The van der Waals surface area contributed by atoms with Crippen molar-refractivity contribution in [3.05, 3.63) is 58.3 Å². The number of hydrogen-bond donors (Lipinski definition) is 1. The number of thiophene rings is 1. The smallest absolute Gasteiger partial charge is 0.254 e. The lowest BCUT2D eigenvalue weighted by Gasteiger charge is -2.03. The van der Waals surface area contributed by atoms with Crippen LogP contribution in [0.5, 0.6) is 0 Å². The predicted molar refractivity (Wildman–Crippen MR) is 99.8 cm³/mol. The Kier molecular flexibility index (Phi) is 5.80. The number of rotatable bonds is 7. The summed E-state index contributed by atoms with van der Waals surface area (Å²) in [6.45, 7) is 0.675. The monoisotopic (exact) mass is 359 g/mol. The molecule has 0 unspecified atom stereocenters. The summed E-state index contributed by atoms with van der Waals surface area (Å²) in [5, 5.41) is 6.80. The van der Waals surface area contributed by atoms with Crippen molar-refractivity contribution in [1.29, 1.82) is 0 Å². The van der Waals surface area contributed by atoms with E-state index in [1.54, 1.807) is 11.3 Å². The third-order valence-electron chi connectivity index (χ3n) is 3.53. The first-order valence-electron chi connectivity index (χ1n) is 7.80. The first-order valence-corrected chi connectivity index (χ1v) is 9.06. The maximum atomic E-state index is 6.08. The quantitative estimate of drug-likeness (QED) is 0.594. The van der Waals surface area contributed by atoms with Gasteiger partial charge in [0.1, 0.15) is 0 Å². The molecule has 2 N–H and O–H groups in total. The number of hydrogen-bond acceptors (Lipinski definition) is 5. The second kappa shape index (κ2) is 8.24. The summed E-state index contributed by atoms with van der Waals surface area (Å²) in [5.41, 5.74) is 7.62. The van der Waals surface area contributed by atoms with Crippen LogP contribution >= 0.6 is 22.9 Å². The van der Waals surface area contributed by atoms with Crippen LogP contribution in [0.15, 0.2) is 46.3 Å². The zero-order chi connectivity index (χ0) is 16.8. The minimum absolute atomic E-state index is 0.551. The fourth-order valence-corrected chi connectivity index (χ4v) is 3.21. The van der Waals surface area contributed by atoms with Gasteiger partial charge < -0.3 is 10.3 Å². The zero-order valence-electron chi connectivity index (χ0n) is 13.1. The Balaban J connectivity index is 1.89. The second-order valence-electron chi connectivity index (χ2n) is 5.37. The molecule has 24 heavy (non-hydrogen) atoms. The highest BCUT2D eigenvalue weighted by Gasteiger charge is 2.13. The Bertz CT molecular complexity index is 811. The third-order valence-corrected chi connectivity index (χ3v) is 4.63.